The van der Waals surface area contributed by atoms with Crippen LogP contribution in [0.3, 0.4) is 0 Å². The van der Waals surface area contributed by atoms with E-state index < -0.39 is 0 Å². The number of hydrogen-bond donors (Lipinski definition) is 2. The average Bonchev–Trinajstić information content (AvgIpc) is 2.45. The van der Waals surface area contributed by atoms with E-state index in [0.29, 0.717) is 15.2 Å². The van der Waals surface area contributed by atoms with Crippen molar-refractivity contribution < 1.29 is 0 Å². The lowest BCUT2D eigenvalue weighted by Crippen LogP contribution is -2.24. The first-order valence-corrected chi connectivity index (χ1v) is 7.33. The van der Waals surface area contributed by atoms with E-state index in [-0.39, 0.29) is 0 Å². The van der Waals surface area contributed by atoms with Gasteiger partial charge >= 0.3 is 0 Å². The number of anilines is 1. The summed E-state index contributed by atoms with van der Waals surface area (Å²) in [7, 11) is 0. The molecular formula is C15H13Cl2N3S. The second-order valence-electron chi connectivity index (χ2n) is 4.31. The second kappa shape index (κ2) is 7.41. The molecular weight excluding hydrogens is 325 g/mol. The van der Waals surface area contributed by atoms with E-state index in [2.05, 4.69) is 15.8 Å². The van der Waals surface area contributed by atoms with E-state index in [4.69, 9.17) is 35.4 Å². The average molecular weight is 338 g/mol. The molecule has 21 heavy (non-hydrogen) atoms. The molecule has 0 bridgehead atoms. The van der Waals surface area contributed by atoms with Crippen LogP contribution in [0.5, 0.6) is 0 Å². The topological polar surface area (TPSA) is 36.4 Å². The predicted octanol–water partition coefficient (Wildman–Crippen LogP) is 4.62. The van der Waals surface area contributed by atoms with E-state index >= 15 is 0 Å². The summed E-state index contributed by atoms with van der Waals surface area (Å²) in [6.45, 7) is 2.00. The largest absolute Gasteiger partial charge is 0.331 e. The normalized spacial score (nSPS) is 10.6. The maximum atomic E-state index is 5.93. The van der Waals surface area contributed by atoms with E-state index in [9.17, 15) is 0 Å². The van der Waals surface area contributed by atoms with Gasteiger partial charge in [0.2, 0.25) is 0 Å². The Kier molecular flexibility index (Phi) is 5.56. The molecule has 108 valence electrons. The van der Waals surface area contributed by atoms with Crippen molar-refractivity contribution in [3.8, 4) is 0 Å². The van der Waals surface area contributed by atoms with Crippen LogP contribution in [-0.4, -0.2) is 11.3 Å². The number of nitrogens with zero attached hydrogens (tertiary/aromatic N) is 1. The Morgan fingerprint density at radius 2 is 1.90 bits per heavy atom. The highest BCUT2D eigenvalue weighted by Gasteiger charge is 1.99. The maximum Gasteiger partial charge on any atom is 0.191 e. The third-order valence-corrected chi connectivity index (χ3v) is 3.65. The highest BCUT2D eigenvalue weighted by Crippen LogP contribution is 2.21. The third-order valence-electron chi connectivity index (χ3n) is 2.72. The fourth-order valence-electron chi connectivity index (χ4n) is 1.62. The summed E-state index contributed by atoms with van der Waals surface area (Å²) in [5.41, 5.74) is 5.63. The van der Waals surface area contributed by atoms with Gasteiger partial charge in [0.1, 0.15) is 0 Å². The van der Waals surface area contributed by atoms with E-state index in [1.807, 2.05) is 37.3 Å². The lowest BCUT2D eigenvalue weighted by Gasteiger charge is -2.09. The summed E-state index contributed by atoms with van der Waals surface area (Å²) in [6.07, 6.45) is 1.62. The van der Waals surface area contributed by atoms with Gasteiger partial charge in [-0.2, -0.15) is 5.10 Å². The highest BCUT2D eigenvalue weighted by molar-refractivity contribution is 7.80. The number of hydrazone groups is 1. The Morgan fingerprint density at radius 1 is 1.14 bits per heavy atom. The van der Waals surface area contributed by atoms with Gasteiger partial charge in [0.15, 0.2) is 5.11 Å². The van der Waals surface area contributed by atoms with Gasteiger partial charge in [0.25, 0.3) is 0 Å². The molecule has 0 aliphatic carbocycles. The molecule has 0 aromatic heterocycles. The summed E-state index contributed by atoms with van der Waals surface area (Å²) in [6, 6.07) is 13.1. The Bertz CT molecular complexity index is 686. The summed E-state index contributed by atoms with van der Waals surface area (Å²) in [5.74, 6) is 0. The second-order valence-corrected chi connectivity index (χ2v) is 5.54. The predicted molar refractivity (Wildman–Crippen MR) is 94.6 cm³/mol. The Labute approximate surface area is 139 Å². The standard InChI is InChI=1S/C15H13Cl2N3S/c1-10-4-2-3-5-14(10)19-15(21)20-18-9-11-6-7-12(16)13(17)8-11/h2-9H,1H3,(H2,19,20,21)/b18-9-. The lowest BCUT2D eigenvalue weighted by molar-refractivity contribution is 1.05. The number of nitrogens with one attached hydrogen (secondary N) is 2. The minimum atomic E-state index is 0.417. The number of para-hydroxylation sites is 1. The third kappa shape index (κ3) is 4.70. The molecule has 0 fully saturated rings. The molecule has 0 radical (unpaired) electrons. The maximum absolute atomic E-state index is 5.93. The van der Waals surface area contributed by atoms with Crippen LogP contribution in [0.15, 0.2) is 47.6 Å². The molecule has 0 aliphatic heterocycles. The number of halogens is 2. The number of rotatable bonds is 3. The number of hydrogen-bond acceptors (Lipinski definition) is 2. The molecule has 6 heteroatoms. The van der Waals surface area contributed by atoms with E-state index in [1.54, 1.807) is 18.3 Å². The van der Waals surface area contributed by atoms with Gasteiger partial charge in [0.05, 0.1) is 16.3 Å². The molecule has 0 heterocycles. The Hall–Kier alpha value is -1.62. The summed E-state index contributed by atoms with van der Waals surface area (Å²) in [5, 5.41) is 8.55. The van der Waals surface area contributed by atoms with Crippen molar-refractivity contribution in [3.05, 3.63) is 63.6 Å². The molecule has 0 amide bonds. The van der Waals surface area contributed by atoms with Crippen LogP contribution < -0.4 is 10.7 Å². The highest BCUT2D eigenvalue weighted by atomic mass is 35.5. The zero-order valence-electron chi connectivity index (χ0n) is 11.2. The molecule has 3 nitrogen and oxygen atoms in total. The summed E-state index contributed by atoms with van der Waals surface area (Å²) < 4.78 is 0. The van der Waals surface area contributed by atoms with Crippen molar-refractivity contribution in [2.24, 2.45) is 5.10 Å². The van der Waals surface area contributed by atoms with Crippen LogP contribution in [0.2, 0.25) is 10.0 Å². The van der Waals surface area contributed by atoms with Crippen molar-refractivity contribution in [2.45, 2.75) is 6.92 Å². The van der Waals surface area contributed by atoms with Gasteiger partial charge in [-0.15, -0.1) is 0 Å². The molecule has 0 atom stereocenters. The fraction of sp³-hybridized carbons (Fsp3) is 0.0667. The van der Waals surface area contributed by atoms with Gasteiger partial charge in [-0.1, -0.05) is 47.5 Å². The van der Waals surface area contributed by atoms with Gasteiger partial charge in [-0.25, -0.2) is 0 Å². The van der Waals surface area contributed by atoms with Gasteiger partial charge in [-0.05, 0) is 48.5 Å². The zero-order valence-corrected chi connectivity index (χ0v) is 13.6. The van der Waals surface area contributed by atoms with E-state index in [1.165, 1.54) is 0 Å². The summed E-state index contributed by atoms with van der Waals surface area (Å²) in [4.78, 5) is 0. The van der Waals surface area contributed by atoms with Crippen molar-refractivity contribution in [1.29, 1.82) is 0 Å². The van der Waals surface area contributed by atoms with Crippen LogP contribution in [0.1, 0.15) is 11.1 Å². The number of thiocarbonyl (C=S) groups is 1. The zero-order chi connectivity index (χ0) is 15.2. The fourth-order valence-corrected chi connectivity index (χ4v) is 2.09. The van der Waals surface area contributed by atoms with Gasteiger partial charge in [0, 0.05) is 5.69 Å². The molecule has 2 aromatic carbocycles. The van der Waals surface area contributed by atoms with Crippen molar-refractivity contribution in [3.63, 3.8) is 0 Å². The first-order valence-electron chi connectivity index (χ1n) is 6.17. The Morgan fingerprint density at radius 3 is 2.62 bits per heavy atom. The molecule has 0 saturated heterocycles. The SMILES string of the molecule is Cc1ccccc1NC(=S)N/N=C\c1ccc(Cl)c(Cl)c1. The van der Waals surface area contributed by atoms with Crippen LogP contribution in [0.25, 0.3) is 0 Å². The van der Waals surface area contributed by atoms with Crippen molar-refractivity contribution >= 4 is 52.4 Å². The monoisotopic (exact) mass is 337 g/mol. The molecule has 0 aliphatic rings. The smallest absolute Gasteiger partial charge is 0.191 e. The van der Waals surface area contributed by atoms with Crippen molar-refractivity contribution in [2.75, 3.05) is 5.32 Å². The molecule has 2 aromatic rings. The molecule has 2 N–H and O–H groups in total. The number of aryl methyl sites for hydroxylation is 1. The minimum Gasteiger partial charge on any atom is -0.331 e. The minimum absolute atomic E-state index is 0.417. The Balaban J connectivity index is 1.93. The first-order chi connectivity index (χ1) is 10.1. The van der Waals surface area contributed by atoms with E-state index in [0.717, 1.165) is 16.8 Å². The van der Waals surface area contributed by atoms with Crippen molar-refractivity contribution in [1.82, 2.24) is 5.43 Å². The van der Waals surface area contributed by atoms with Gasteiger partial charge in [-0.3, -0.25) is 5.43 Å². The molecule has 0 unspecified atom stereocenters. The first kappa shape index (κ1) is 15.8. The van der Waals surface area contributed by atoms with Crippen LogP contribution in [0, 0.1) is 6.92 Å². The molecule has 0 spiro atoms. The quantitative estimate of drug-likeness (QED) is 0.487. The van der Waals surface area contributed by atoms with Gasteiger partial charge < -0.3 is 5.32 Å². The molecule has 0 saturated carbocycles. The molecule has 2 rings (SSSR count). The lowest BCUT2D eigenvalue weighted by atomic mass is 10.2. The number of benzene rings is 2. The van der Waals surface area contributed by atoms with Crippen LogP contribution in [-0.2, 0) is 0 Å². The van der Waals surface area contributed by atoms with Crippen LogP contribution >= 0.6 is 35.4 Å². The van der Waals surface area contributed by atoms with Crippen LogP contribution in [0.4, 0.5) is 5.69 Å². The summed E-state index contributed by atoms with van der Waals surface area (Å²) >= 11 is 16.9.